The maximum Gasteiger partial charge on any atom is 0.250 e. The van der Waals surface area contributed by atoms with Crippen molar-refractivity contribution in [2.24, 2.45) is 0 Å². The van der Waals surface area contributed by atoms with Crippen molar-refractivity contribution < 1.29 is 4.74 Å². The fraction of sp³-hybridized carbons (Fsp3) is 0.312. The maximum atomic E-state index is 11.8. The molecule has 0 aliphatic rings. The van der Waals surface area contributed by atoms with Crippen molar-refractivity contribution in [1.82, 2.24) is 9.88 Å². The summed E-state index contributed by atoms with van der Waals surface area (Å²) in [5.41, 5.74) is 1.13. The molecule has 1 heterocycles. The van der Waals surface area contributed by atoms with E-state index in [9.17, 15) is 4.79 Å². The Bertz CT molecular complexity index is 607. The van der Waals surface area contributed by atoms with Crippen LogP contribution in [0.25, 0.3) is 0 Å². The highest BCUT2D eigenvalue weighted by atomic mass is 16.5. The Kier molecular flexibility index (Phi) is 4.96. The van der Waals surface area contributed by atoms with E-state index in [1.807, 2.05) is 36.5 Å². The smallest absolute Gasteiger partial charge is 0.250 e. The molecule has 4 nitrogen and oxygen atoms in total. The van der Waals surface area contributed by atoms with E-state index >= 15 is 0 Å². The molecule has 0 spiro atoms. The first-order chi connectivity index (χ1) is 9.74. The number of ether oxygens (including phenoxy) is 1. The van der Waals surface area contributed by atoms with Gasteiger partial charge in [0.1, 0.15) is 5.75 Å². The van der Waals surface area contributed by atoms with E-state index in [4.69, 9.17) is 4.74 Å². The molecule has 4 heteroatoms. The number of aromatic nitrogens is 1. The zero-order chi connectivity index (χ0) is 14.4. The second-order valence-electron chi connectivity index (χ2n) is 4.58. The van der Waals surface area contributed by atoms with Crippen LogP contribution in [0.5, 0.6) is 5.75 Å². The molecule has 2 aromatic rings. The number of methoxy groups -OCH3 is 1. The molecule has 0 aliphatic carbocycles. The lowest BCUT2D eigenvalue weighted by molar-refractivity contribution is 0.411. The number of nitrogens with one attached hydrogen (secondary N) is 1. The molecule has 1 aromatic carbocycles. The van der Waals surface area contributed by atoms with E-state index in [0.29, 0.717) is 6.54 Å². The summed E-state index contributed by atoms with van der Waals surface area (Å²) in [6.07, 6.45) is 1.81. The molecular formula is C16H20N2O2. The lowest BCUT2D eigenvalue weighted by atomic mass is 10.1. The van der Waals surface area contributed by atoms with Crippen molar-refractivity contribution in [2.45, 2.75) is 19.5 Å². The summed E-state index contributed by atoms with van der Waals surface area (Å²) in [7, 11) is 1.66. The Labute approximate surface area is 119 Å². The van der Waals surface area contributed by atoms with Gasteiger partial charge in [0.25, 0.3) is 5.56 Å². The van der Waals surface area contributed by atoms with Crippen molar-refractivity contribution in [1.29, 1.82) is 0 Å². The minimum absolute atomic E-state index is 0.0123. The summed E-state index contributed by atoms with van der Waals surface area (Å²) in [5.74, 6) is 0.825. The number of hydrogen-bond acceptors (Lipinski definition) is 3. The zero-order valence-electron chi connectivity index (χ0n) is 11.9. The van der Waals surface area contributed by atoms with Crippen molar-refractivity contribution in [2.75, 3.05) is 13.7 Å². The van der Waals surface area contributed by atoms with Crippen molar-refractivity contribution in [3.05, 3.63) is 64.6 Å². The first-order valence-electron chi connectivity index (χ1n) is 6.77. The monoisotopic (exact) mass is 272 g/mol. The van der Waals surface area contributed by atoms with Crippen molar-refractivity contribution >= 4 is 0 Å². The van der Waals surface area contributed by atoms with Crippen LogP contribution in [0.15, 0.2) is 53.5 Å². The van der Waals surface area contributed by atoms with Crippen LogP contribution in [-0.2, 0) is 6.54 Å². The van der Waals surface area contributed by atoms with Gasteiger partial charge in [-0.05, 0) is 30.3 Å². The fourth-order valence-corrected chi connectivity index (χ4v) is 2.20. The number of pyridine rings is 1. The molecule has 1 unspecified atom stereocenters. The molecule has 1 atom stereocenters. The Morgan fingerprint density at radius 2 is 2.10 bits per heavy atom. The van der Waals surface area contributed by atoms with E-state index in [2.05, 4.69) is 12.2 Å². The highest BCUT2D eigenvalue weighted by molar-refractivity contribution is 5.30. The number of hydrogen-bond donors (Lipinski definition) is 1. The molecule has 0 saturated heterocycles. The first kappa shape index (κ1) is 14.3. The molecule has 0 radical (unpaired) electrons. The summed E-state index contributed by atoms with van der Waals surface area (Å²) in [5, 5.41) is 3.41. The molecule has 2 rings (SSSR count). The van der Waals surface area contributed by atoms with Gasteiger partial charge in [-0.25, -0.2) is 0 Å². The highest BCUT2D eigenvalue weighted by Gasteiger charge is 2.12. The van der Waals surface area contributed by atoms with Crippen molar-refractivity contribution in [3.8, 4) is 5.75 Å². The first-order valence-corrected chi connectivity index (χ1v) is 6.77. The van der Waals surface area contributed by atoms with Gasteiger partial charge >= 0.3 is 0 Å². The summed E-state index contributed by atoms with van der Waals surface area (Å²) >= 11 is 0. The number of benzene rings is 1. The number of likely N-dealkylation sites (N-methyl/N-ethyl adjacent to an activating group) is 1. The SMILES string of the molecule is CCNC(Cn1ccccc1=O)c1cccc(OC)c1. The standard InChI is InChI=1S/C16H20N2O2/c1-3-17-15(12-18-10-5-4-9-16(18)19)13-7-6-8-14(11-13)20-2/h4-11,15,17H,3,12H2,1-2H3. The zero-order valence-corrected chi connectivity index (χ0v) is 11.9. The van der Waals surface area contributed by atoms with Gasteiger partial charge in [0.05, 0.1) is 13.2 Å². The van der Waals surface area contributed by atoms with E-state index in [1.54, 1.807) is 23.8 Å². The van der Waals surface area contributed by atoms with Crippen molar-refractivity contribution in [3.63, 3.8) is 0 Å². The molecule has 0 saturated carbocycles. The lowest BCUT2D eigenvalue weighted by Gasteiger charge is -2.20. The molecule has 0 amide bonds. The third-order valence-electron chi connectivity index (χ3n) is 3.22. The highest BCUT2D eigenvalue weighted by Crippen LogP contribution is 2.20. The molecule has 106 valence electrons. The van der Waals surface area contributed by atoms with Crippen LogP contribution in [0.2, 0.25) is 0 Å². The van der Waals surface area contributed by atoms with Gasteiger partial charge < -0.3 is 14.6 Å². The van der Waals surface area contributed by atoms with Crippen LogP contribution in [-0.4, -0.2) is 18.2 Å². The molecule has 20 heavy (non-hydrogen) atoms. The number of rotatable bonds is 6. The predicted molar refractivity (Wildman–Crippen MR) is 80.1 cm³/mol. The maximum absolute atomic E-state index is 11.8. The molecule has 1 aromatic heterocycles. The second-order valence-corrected chi connectivity index (χ2v) is 4.58. The average Bonchev–Trinajstić information content (AvgIpc) is 2.49. The van der Waals surface area contributed by atoms with Gasteiger partial charge in [0, 0.05) is 18.8 Å². The Morgan fingerprint density at radius 1 is 1.25 bits per heavy atom. The largest absolute Gasteiger partial charge is 0.497 e. The van der Waals surface area contributed by atoms with E-state index in [0.717, 1.165) is 17.9 Å². The van der Waals surface area contributed by atoms with Crippen LogP contribution < -0.4 is 15.6 Å². The topological polar surface area (TPSA) is 43.3 Å². The van der Waals surface area contributed by atoms with Crippen LogP contribution in [0.1, 0.15) is 18.5 Å². The molecule has 1 N–H and O–H groups in total. The minimum Gasteiger partial charge on any atom is -0.497 e. The van der Waals surface area contributed by atoms with Crippen LogP contribution in [0.4, 0.5) is 0 Å². The van der Waals surface area contributed by atoms with Crippen LogP contribution >= 0.6 is 0 Å². The molecule has 0 bridgehead atoms. The third-order valence-corrected chi connectivity index (χ3v) is 3.22. The Hall–Kier alpha value is -2.07. The fourth-order valence-electron chi connectivity index (χ4n) is 2.20. The molecule has 0 fully saturated rings. The quantitative estimate of drug-likeness (QED) is 0.876. The summed E-state index contributed by atoms with van der Waals surface area (Å²) in [6.45, 7) is 3.49. The Balaban J connectivity index is 2.26. The summed E-state index contributed by atoms with van der Waals surface area (Å²) in [6, 6.07) is 13.2. The Morgan fingerprint density at radius 3 is 2.80 bits per heavy atom. The third kappa shape index (κ3) is 3.48. The summed E-state index contributed by atoms with van der Waals surface area (Å²) in [4.78, 5) is 11.8. The van der Waals surface area contributed by atoms with Gasteiger partial charge in [-0.15, -0.1) is 0 Å². The van der Waals surface area contributed by atoms with Gasteiger partial charge in [0.15, 0.2) is 0 Å². The summed E-state index contributed by atoms with van der Waals surface area (Å²) < 4.78 is 6.98. The average molecular weight is 272 g/mol. The van der Waals surface area contributed by atoms with Gasteiger partial charge in [-0.2, -0.15) is 0 Å². The lowest BCUT2D eigenvalue weighted by Crippen LogP contribution is -2.29. The minimum atomic E-state index is 0.0123. The van der Waals surface area contributed by atoms with Gasteiger partial charge in [0.2, 0.25) is 0 Å². The van der Waals surface area contributed by atoms with E-state index < -0.39 is 0 Å². The van der Waals surface area contributed by atoms with E-state index in [1.165, 1.54) is 0 Å². The molecular weight excluding hydrogens is 252 g/mol. The van der Waals surface area contributed by atoms with Crippen LogP contribution in [0, 0.1) is 0 Å². The van der Waals surface area contributed by atoms with Crippen LogP contribution in [0.3, 0.4) is 0 Å². The predicted octanol–water partition coefficient (Wildman–Crippen LogP) is 2.21. The van der Waals surface area contributed by atoms with E-state index in [-0.39, 0.29) is 11.6 Å². The van der Waals surface area contributed by atoms with Gasteiger partial charge in [-0.1, -0.05) is 25.1 Å². The molecule has 0 aliphatic heterocycles. The number of nitrogens with zero attached hydrogens (tertiary/aromatic N) is 1. The van der Waals surface area contributed by atoms with Gasteiger partial charge in [-0.3, -0.25) is 4.79 Å². The second kappa shape index (κ2) is 6.91. The normalized spacial score (nSPS) is 12.1.